The number of nitrogens with one attached hydrogen (secondary N) is 1. The molecule has 0 amide bonds. The Bertz CT molecular complexity index is 371. The first-order chi connectivity index (χ1) is 8.69. The van der Waals surface area contributed by atoms with Gasteiger partial charge in [0.25, 0.3) is 0 Å². The van der Waals surface area contributed by atoms with Crippen molar-refractivity contribution in [3.63, 3.8) is 0 Å². The number of likely N-dealkylation sites (N-methyl/N-ethyl adjacent to an activating group) is 1. The third-order valence-corrected chi connectivity index (χ3v) is 2.66. The summed E-state index contributed by atoms with van der Waals surface area (Å²) < 4.78 is 7.31. The number of hydrogen-bond acceptors (Lipinski definition) is 4. The van der Waals surface area contributed by atoms with E-state index in [9.17, 15) is 0 Å². The highest BCUT2D eigenvalue weighted by Crippen LogP contribution is 2.19. The van der Waals surface area contributed by atoms with Crippen molar-refractivity contribution in [2.75, 3.05) is 41.3 Å². The summed E-state index contributed by atoms with van der Waals surface area (Å²) >= 11 is 0. The minimum atomic E-state index is 0.828. The van der Waals surface area contributed by atoms with Gasteiger partial charge in [0, 0.05) is 6.54 Å². The molecular formula is C13H24N4O. The van der Waals surface area contributed by atoms with Crippen molar-refractivity contribution in [3.05, 3.63) is 18.0 Å². The van der Waals surface area contributed by atoms with E-state index in [1.165, 1.54) is 0 Å². The first-order valence-electron chi connectivity index (χ1n) is 6.24. The molecular weight excluding hydrogens is 228 g/mol. The van der Waals surface area contributed by atoms with Crippen molar-refractivity contribution in [2.24, 2.45) is 0 Å². The van der Waals surface area contributed by atoms with Crippen LogP contribution in [0.3, 0.4) is 0 Å². The average Bonchev–Trinajstić information content (AvgIpc) is 2.74. The number of hydrogen-bond donors (Lipinski definition) is 1. The summed E-state index contributed by atoms with van der Waals surface area (Å²) in [6.07, 6.45) is 6.99. The van der Waals surface area contributed by atoms with Crippen LogP contribution in [0.25, 0.3) is 6.08 Å². The van der Waals surface area contributed by atoms with Crippen molar-refractivity contribution in [1.29, 1.82) is 0 Å². The summed E-state index contributed by atoms with van der Waals surface area (Å²) in [5.74, 6) is 0.828. The second-order valence-corrected chi connectivity index (χ2v) is 4.42. The summed E-state index contributed by atoms with van der Waals surface area (Å²) in [6, 6.07) is 0. The molecule has 0 bridgehead atoms. The van der Waals surface area contributed by atoms with Gasteiger partial charge in [0.1, 0.15) is 5.69 Å². The minimum Gasteiger partial charge on any atom is -0.493 e. The maximum Gasteiger partial charge on any atom is 0.164 e. The fourth-order valence-electron chi connectivity index (χ4n) is 1.60. The average molecular weight is 252 g/mol. The molecule has 102 valence electrons. The van der Waals surface area contributed by atoms with Gasteiger partial charge >= 0.3 is 0 Å². The van der Waals surface area contributed by atoms with Gasteiger partial charge in [0.15, 0.2) is 5.75 Å². The summed E-state index contributed by atoms with van der Waals surface area (Å²) in [4.78, 5) is 2.14. The minimum absolute atomic E-state index is 0.828. The Morgan fingerprint density at radius 1 is 1.50 bits per heavy atom. The largest absolute Gasteiger partial charge is 0.493 e. The Kier molecular flexibility index (Phi) is 6.46. The molecule has 0 fully saturated rings. The van der Waals surface area contributed by atoms with Crippen LogP contribution in [0.2, 0.25) is 0 Å². The van der Waals surface area contributed by atoms with Crippen LogP contribution >= 0.6 is 0 Å². The number of nitrogens with zero attached hydrogens (tertiary/aromatic N) is 3. The monoisotopic (exact) mass is 252 g/mol. The number of ether oxygens (including phenoxy) is 1. The van der Waals surface area contributed by atoms with Crippen LogP contribution in [0.5, 0.6) is 5.75 Å². The van der Waals surface area contributed by atoms with Crippen molar-refractivity contribution in [1.82, 2.24) is 20.0 Å². The highest BCUT2D eigenvalue weighted by atomic mass is 16.5. The highest BCUT2D eigenvalue weighted by molar-refractivity contribution is 5.52. The maximum absolute atomic E-state index is 5.33. The van der Waals surface area contributed by atoms with E-state index in [1.54, 1.807) is 13.3 Å². The molecule has 0 aliphatic carbocycles. The Labute approximate surface area is 109 Å². The SMILES string of the molecule is CNCC/C=C/c1c(OC)cnn1CCN(C)C. The molecule has 1 N–H and O–H groups in total. The molecule has 5 nitrogen and oxygen atoms in total. The van der Waals surface area contributed by atoms with Crippen LogP contribution in [0, 0.1) is 0 Å². The first-order valence-corrected chi connectivity index (χ1v) is 6.24. The summed E-state index contributed by atoms with van der Waals surface area (Å²) in [6.45, 7) is 2.80. The van der Waals surface area contributed by atoms with Gasteiger partial charge in [-0.25, -0.2) is 0 Å². The molecule has 0 saturated heterocycles. The van der Waals surface area contributed by atoms with Gasteiger partial charge in [-0.2, -0.15) is 5.10 Å². The Morgan fingerprint density at radius 3 is 2.89 bits per heavy atom. The second kappa shape index (κ2) is 7.89. The van der Waals surface area contributed by atoms with Crippen LogP contribution < -0.4 is 10.1 Å². The molecule has 0 spiro atoms. The molecule has 0 atom stereocenters. The van der Waals surface area contributed by atoms with Gasteiger partial charge in [0.05, 0.1) is 19.9 Å². The van der Waals surface area contributed by atoms with Crippen molar-refractivity contribution >= 4 is 6.08 Å². The number of aromatic nitrogens is 2. The Balaban J connectivity index is 2.71. The predicted octanol–water partition coefficient (Wildman–Crippen LogP) is 1.08. The van der Waals surface area contributed by atoms with E-state index in [2.05, 4.69) is 41.6 Å². The molecule has 1 heterocycles. The molecule has 1 aromatic heterocycles. The van der Waals surface area contributed by atoms with E-state index in [-0.39, 0.29) is 0 Å². The van der Waals surface area contributed by atoms with Crippen molar-refractivity contribution in [2.45, 2.75) is 13.0 Å². The van der Waals surface area contributed by atoms with Crippen LogP contribution in [-0.4, -0.2) is 56.0 Å². The van der Waals surface area contributed by atoms with Crippen molar-refractivity contribution < 1.29 is 4.74 Å². The molecule has 0 aromatic carbocycles. The van der Waals surface area contributed by atoms with Crippen LogP contribution in [0.15, 0.2) is 12.3 Å². The zero-order valence-corrected chi connectivity index (χ0v) is 11.8. The lowest BCUT2D eigenvalue weighted by Gasteiger charge is -2.11. The third kappa shape index (κ3) is 4.50. The van der Waals surface area contributed by atoms with E-state index in [0.717, 1.165) is 37.5 Å². The lowest BCUT2D eigenvalue weighted by molar-refractivity contribution is 0.370. The first kappa shape index (κ1) is 14.7. The molecule has 1 rings (SSSR count). The maximum atomic E-state index is 5.33. The van der Waals surface area contributed by atoms with Gasteiger partial charge in [-0.15, -0.1) is 0 Å². The standard InChI is InChI=1S/C13H24N4O/c1-14-8-6-5-7-12-13(18-4)11-15-17(12)10-9-16(2)3/h5,7,11,14H,6,8-10H2,1-4H3/b7-5+. The molecule has 0 saturated carbocycles. The van der Waals surface area contributed by atoms with Crippen LogP contribution in [-0.2, 0) is 6.54 Å². The van der Waals surface area contributed by atoms with Crippen molar-refractivity contribution in [3.8, 4) is 5.75 Å². The zero-order valence-electron chi connectivity index (χ0n) is 11.8. The topological polar surface area (TPSA) is 42.3 Å². The molecule has 0 aliphatic heterocycles. The molecule has 0 aliphatic rings. The van der Waals surface area contributed by atoms with E-state index in [4.69, 9.17) is 4.74 Å². The van der Waals surface area contributed by atoms with Gasteiger partial charge in [0.2, 0.25) is 0 Å². The Morgan fingerprint density at radius 2 is 2.28 bits per heavy atom. The molecule has 0 unspecified atom stereocenters. The number of methoxy groups -OCH3 is 1. The Hall–Kier alpha value is -1.33. The van der Waals surface area contributed by atoms with Gasteiger partial charge in [-0.1, -0.05) is 6.08 Å². The summed E-state index contributed by atoms with van der Waals surface area (Å²) in [5, 5.41) is 7.48. The lowest BCUT2D eigenvalue weighted by atomic mass is 10.3. The summed E-state index contributed by atoms with van der Waals surface area (Å²) in [7, 11) is 7.75. The second-order valence-electron chi connectivity index (χ2n) is 4.42. The summed E-state index contributed by atoms with van der Waals surface area (Å²) in [5.41, 5.74) is 1.04. The van der Waals surface area contributed by atoms with E-state index >= 15 is 0 Å². The molecule has 18 heavy (non-hydrogen) atoms. The molecule has 0 radical (unpaired) electrons. The van der Waals surface area contributed by atoms with E-state index < -0.39 is 0 Å². The van der Waals surface area contributed by atoms with Gasteiger partial charge in [-0.3, -0.25) is 4.68 Å². The van der Waals surface area contributed by atoms with E-state index in [1.807, 2.05) is 11.7 Å². The lowest BCUT2D eigenvalue weighted by Crippen LogP contribution is -2.19. The molecule has 1 aromatic rings. The highest BCUT2D eigenvalue weighted by Gasteiger charge is 2.08. The van der Waals surface area contributed by atoms with Gasteiger partial charge < -0.3 is 15.0 Å². The quantitative estimate of drug-likeness (QED) is 0.703. The fourth-order valence-corrected chi connectivity index (χ4v) is 1.60. The van der Waals surface area contributed by atoms with Crippen LogP contribution in [0.4, 0.5) is 0 Å². The number of rotatable bonds is 8. The predicted molar refractivity (Wildman–Crippen MR) is 74.9 cm³/mol. The smallest absolute Gasteiger partial charge is 0.164 e. The fraction of sp³-hybridized carbons (Fsp3) is 0.615. The normalized spacial score (nSPS) is 11.6. The third-order valence-electron chi connectivity index (χ3n) is 2.66. The van der Waals surface area contributed by atoms with Crippen LogP contribution in [0.1, 0.15) is 12.1 Å². The van der Waals surface area contributed by atoms with Gasteiger partial charge in [-0.05, 0) is 40.2 Å². The van der Waals surface area contributed by atoms with E-state index in [0.29, 0.717) is 0 Å². The zero-order chi connectivity index (χ0) is 13.4. The molecule has 5 heteroatoms.